The summed E-state index contributed by atoms with van der Waals surface area (Å²) >= 11 is 0. The molecule has 0 heterocycles. The highest BCUT2D eigenvalue weighted by Gasteiger charge is 2.16. The fraction of sp³-hybridized carbons (Fsp3) is 0.900. The van der Waals surface area contributed by atoms with E-state index in [0.29, 0.717) is 6.42 Å². The molecular formula is C10H28O4. The number of aliphatic hydroxyl groups is 2. The molecule has 14 heavy (non-hydrogen) atoms. The van der Waals surface area contributed by atoms with Crippen molar-refractivity contribution in [2.45, 2.75) is 61.7 Å². The maximum atomic E-state index is 9.96. The molecule has 0 aliphatic heterocycles. The van der Waals surface area contributed by atoms with Gasteiger partial charge in [0.15, 0.2) is 0 Å². The zero-order chi connectivity index (χ0) is 8.15. The summed E-state index contributed by atoms with van der Waals surface area (Å²) < 4.78 is 0. The highest BCUT2D eigenvalue weighted by molar-refractivity contribution is 5.67. The van der Waals surface area contributed by atoms with Crippen LogP contribution in [0.5, 0.6) is 0 Å². The standard InChI is InChI=1S/C6H12O4.4CH4/c1-2-4(7)5(8)3-6(9)10;;;;/h4-5,7-8H,2-3H2,1H3,(H,9,10);4*1H4. The summed E-state index contributed by atoms with van der Waals surface area (Å²) in [6.07, 6.45) is -2.08. The monoisotopic (exact) mass is 212 g/mol. The quantitative estimate of drug-likeness (QED) is 0.667. The summed E-state index contributed by atoms with van der Waals surface area (Å²) in [5.74, 6) is -1.10. The van der Waals surface area contributed by atoms with Gasteiger partial charge in [0.2, 0.25) is 0 Å². The van der Waals surface area contributed by atoms with Crippen LogP contribution in [-0.4, -0.2) is 33.5 Å². The first-order valence-corrected chi connectivity index (χ1v) is 3.15. The zero-order valence-electron chi connectivity index (χ0n) is 5.82. The van der Waals surface area contributed by atoms with E-state index in [1.54, 1.807) is 6.92 Å². The highest BCUT2D eigenvalue weighted by atomic mass is 16.4. The molecule has 0 amide bonds. The van der Waals surface area contributed by atoms with E-state index in [1.807, 2.05) is 0 Å². The number of hydrogen-bond donors (Lipinski definition) is 3. The second-order valence-corrected chi connectivity index (χ2v) is 2.14. The molecule has 0 spiro atoms. The number of aliphatic carboxylic acids is 1. The number of aliphatic hydroxyl groups excluding tert-OH is 2. The third-order valence-electron chi connectivity index (χ3n) is 1.25. The van der Waals surface area contributed by atoms with Crippen molar-refractivity contribution in [1.29, 1.82) is 0 Å². The van der Waals surface area contributed by atoms with Crippen molar-refractivity contribution >= 4 is 5.97 Å². The summed E-state index contributed by atoms with van der Waals surface area (Å²) in [6, 6.07) is 0. The molecule has 0 bridgehead atoms. The summed E-state index contributed by atoms with van der Waals surface area (Å²) in [4.78, 5) is 9.96. The predicted octanol–water partition coefficient (Wildman–Crippen LogP) is 2.14. The minimum Gasteiger partial charge on any atom is -0.481 e. The van der Waals surface area contributed by atoms with E-state index in [2.05, 4.69) is 0 Å². The van der Waals surface area contributed by atoms with E-state index in [0.717, 1.165) is 0 Å². The summed E-state index contributed by atoms with van der Waals surface area (Å²) in [5, 5.41) is 25.9. The topological polar surface area (TPSA) is 77.8 Å². The van der Waals surface area contributed by atoms with Gasteiger partial charge in [-0.25, -0.2) is 0 Å². The first-order valence-electron chi connectivity index (χ1n) is 3.15. The largest absolute Gasteiger partial charge is 0.481 e. The first kappa shape index (κ1) is 29.2. The lowest BCUT2D eigenvalue weighted by Gasteiger charge is -2.12. The van der Waals surface area contributed by atoms with E-state index < -0.39 is 24.6 Å². The Morgan fingerprint density at radius 1 is 1.07 bits per heavy atom. The summed E-state index contributed by atoms with van der Waals surface area (Å²) in [6.45, 7) is 1.68. The van der Waals surface area contributed by atoms with Crippen LogP contribution in [0.15, 0.2) is 0 Å². The van der Waals surface area contributed by atoms with Crippen molar-refractivity contribution in [2.75, 3.05) is 0 Å². The van der Waals surface area contributed by atoms with E-state index in [-0.39, 0.29) is 29.7 Å². The van der Waals surface area contributed by atoms with Crippen LogP contribution in [0.3, 0.4) is 0 Å². The van der Waals surface area contributed by atoms with Gasteiger partial charge >= 0.3 is 5.97 Å². The average molecular weight is 212 g/mol. The lowest BCUT2D eigenvalue weighted by Crippen LogP contribution is -2.27. The molecule has 3 N–H and O–H groups in total. The van der Waals surface area contributed by atoms with Gasteiger partial charge in [-0.3, -0.25) is 4.79 Å². The smallest absolute Gasteiger partial charge is 0.306 e. The summed E-state index contributed by atoms with van der Waals surface area (Å²) in [7, 11) is 0. The maximum Gasteiger partial charge on any atom is 0.306 e. The molecule has 0 radical (unpaired) electrons. The number of carboxylic acid groups (broad SMARTS) is 1. The van der Waals surface area contributed by atoms with Crippen LogP contribution in [-0.2, 0) is 4.79 Å². The van der Waals surface area contributed by atoms with Crippen molar-refractivity contribution in [3.63, 3.8) is 0 Å². The van der Waals surface area contributed by atoms with Crippen molar-refractivity contribution in [3.8, 4) is 0 Å². The minimum absolute atomic E-state index is 0. The van der Waals surface area contributed by atoms with Crippen LogP contribution in [0.25, 0.3) is 0 Å². The molecule has 0 rings (SSSR count). The van der Waals surface area contributed by atoms with Gasteiger partial charge in [0, 0.05) is 0 Å². The Labute approximate surface area is 88.6 Å². The molecule has 2 atom stereocenters. The number of hydrogen-bond acceptors (Lipinski definition) is 3. The molecule has 2 unspecified atom stereocenters. The molecule has 0 aromatic carbocycles. The molecule has 0 saturated carbocycles. The molecule has 0 aliphatic rings. The third-order valence-corrected chi connectivity index (χ3v) is 1.25. The Kier molecular flexibility index (Phi) is 31.1. The average Bonchev–Trinajstić information content (AvgIpc) is 1.85. The zero-order valence-corrected chi connectivity index (χ0v) is 5.82. The second-order valence-electron chi connectivity index (χ2n) is 2.14. The number of rotatable bonds is 4. The first-order chi connectivity index (χ1) is 4.57. The van der Waals surface area contributed by atoms with Gasteiger partial charge in [-0.15, -0.1) is 0 Å². The lowest BCUT2D eigenvalue weighted by atomic mass is 10.1. The summed E-state index contributed by atoms with van der Waals surface area (Å²) in [5.41, 5.74) is 0. The van der Waals surface area contributed by atoms with Crippen molar-refractivity contribution in [2.24, 2.45) is 0 Å². The van der Waals surface area contributed by atoms with E-state index in [4.69, 9.17) is 15.3 Å². The Balaban J connectivity index is -0.0000000675. The van der Waals surface area contributed by atoms with E-state index in [1.165, 1.54) is 0 Å². The van der Waals surface area contributed by atoms with Crippen molar-refractivity contribution < 1.29 is 20.1 Å². The third kappa shape index (κ3) is 13.9. The molecule has 0 aliphatic carbocycles. The molecule has 0 aromatic heterocycles. The van der Waals surface area contributed by atoms with Gasteiger partial charge in [0.1, 0.15) is 0 Å². The maximum absolute atomic E-state index is 9.96. The van der Waals surface area contributed by atoms with Gasteiger partial charge in [-0.2, -0.15) is 0 Å². The molecule has 0 aromatic rings. The Bertz CT molecular complexity index is 115. The molecule has 92 valence electrons. The molecule has 4 nitrogen and oxygen atoms in total. The number of carbonyl (C=O) groups is 1. The van der Waals surface area contributed by atoms with Crippen LogP contribution in [0, 0.1) is 0 Å². The van der Waals surface area contributed by atoms with Gasteiger partial charge in [0.05, 0.1) is 18.6 Å². The van der Waals surface area contributed by atoms with Gasteiger partial charge < -0.3 is 15.3 Å². The van der Waals surface area contributed by atoms with Crippen LogP contribution >= 0.6 is 0 Å². The highest BCUT2D eigenvalue weighted by Crippen LogP contribution is 2.01. The fourth-order valence-corrected chi connectivity index (χ4v) is 0.587. The lowest BCUT2D eigenvalue weighted by molar-refractivity contribution is -0.141. The normalized spacial score (nSPS) is 11.6. The number of carboxylic acids is 1. The van der Waals surface area contributed by atoms with Gasteiger partial charge in [-0.05, 0) is 6.42 Å². The van der Waals surface area contributed by atoms with E-state index >= 15 is 0 Å². The van der Waals surface area contributed by atoms with Gasteiger partial charge in [0.25, 0.3) is 0 Å². The molecule has 4 heteroatoms. The van der Waals surface area contributed by atoms with Crippen LogP contribution < -0.4 is 0 Å². The van der Waals surface area contributed by atoms with Crippen molar-refractivity contribution in [1.82, 2.24) is 0 Å². The van der Waals surface area contributed by atoms with Gasteiger partial charge in [-0.1, -0.05) is 36.6 Å². The molecular weight excluding hydrogens is 184 g/mol. The molecule has 0 saturated heterocycles. The molecule has 0 fully saturated rings. The fourth-order valence-electron chi connectivity index (χ4n) is 0.587. The predicted molar refractivity (Wildman–Crippen MR) is 61.5 cm³/mol. The Morgan fingerprint density at radius 3 is 1.64 bits per heavy atom. The van der Waals surface area contributed by atoms with E-state index in [9.17, 15) is 4.79 Å². The Morgan fingerprint density at radius 2 is 1.43 bits per heavy atom. The van der Waals surface area contributed by atoms with Crippen LogP contribution in [0.2, 0.25) is 0 Å². The minimum atomic E-state index is -1.14. The van der Waals surface area contributed by atoms with Crippen molar-refractivity contribution in [3.05, 3.63) is 0 Å². The second kappa shape index (κ2) is 14.9. The van der Waals surface area contributed by atoms with Crippen LogP contribution in [0.4, 0.5) is 0 Å². The Hall–Kier alpha value is -0.610. The SMILES string of the molecule is C.C.C.C.CCC(O)C(O)CC(=O)O. The van der Waals surface area contributed by atoms with Crippen LogP contribution in [0.1, 0.15) is 49.5 Å².